The molecule has 6 rings (SSSR count). The molecular weight excluding hydrogens is 681 g/mol. The molecule has 4 aromatic rings. The highest BCUT2D eigenvalue weighted by molar-refractivity contribution is 7.19. The number of hydrogen-bond donors (Lipinski definition) is 1. The normalized spacial score (nSPS) is 18.8. The summed E-state index contributed by atoms with van der Waals surface area (Å²) in [5.41, 5.74) is 5.34. The lowest BCUT2D eigenvalue weighted by atomic mass is 9.71. The number of thiazole rings is 1. The molecule has 0 amide bonds. The van der Waals surface area contributed by atoms with Gasteiger partial charge in [0.25, 0.3) is 0 Å². The smallest absolute Gasteiger partial charge is 0.306 e. The molecule has 0 fully saturated rings. The van der Waals surface area contributed by atoms with Crippen LogP contribution in [0, 0.1) is 11.8 Å². The van der Waals surface area contributed by atoms with Gasteiger partial charge in [0.1, 0.15) is 24.2 Å². The summed E-state index contributed by atoms with van der Waals surface area (Å²) in [6.07, 6.45) is 13.4. The molecule has 2 atom stereocenters. The van der Waals surface area contributed by atoms with E-state index in [1.54, 1.807) is 11.3 Å². The fourth-order valence-electron chi connectivity index (χ4n) is 7.16. The molecule has 1 aromatic heterocycles. The largest absolute Gasteiger partial charge is 0.874 e. The van der Waals surface area contributed by atoms with Crippen LogP contribution >= 0.6 is 11.3 Å². The molecule has 8 nitrogen and oxygen atoms in total. The standard InChI is InChI=1S/C44H50N4O4S/c1-5-47(6-2)35-23-17-32(18-24-35)41-43(50)42(44(41)51)33-19-25-36(26-20-33)48(7-3)29-30-52-40(49)13-10-28-46(4)34-21-14-31(15-22-34)16-27-39-45-37-11-8-9-12-38(37)53-39/h8-9,11-12,14-27,33,36,42,50H,5-7,10,13,28-30H2,1-4H3/b27-16+. The van der Waals surface area contributed by atoms with Crippen molar-refractivity contribution in [2.75, 3.05) is 56.2 Å². The van der Waals surface area contributed by atoms with E-state index in [1.807, 2.05) is 61.7 Å². The maximum Gasteiger partial charge on any atom is 0.306 e. The molecule has 53 heavy (non-hydrogen) atoms. The minimum atomic E-state index is -0.650. The van der Waals surface area contributed by atoms with Crippen LogP contribution in [0.5, 0.6) is 0 Å². The van der Waals surface area contributed by atoms with E-state index in [2.05, 4.69) is 90.2 Å². The van der Waals surface area contributed by atoms with Crippen molar-refractivity contribution in [3.8, 4) is 0 Å². The van der Waals surface area contributed by atoms with Gasteiger partial charge in [-0.3, -0.25) is 9.59 Å². The van der Waals surface area contributed by atoms with Crippen molar-refractivity contribution in [3.05, 3.63) is 119 Å². The fraction of sp³-hybridized carbons (Fsp3) is 0.341. The monoisotopic (exact) mass is 730 g/mol. The number of nitrogens with zero attached hydrogens (tertiary/aromatic N) is 3. The van der Waals surface area contributed by atoms with Crippen molar-refractivity contribution >= 4 is 62.4 Å². The summed E-state index contributed by atoms with van der Waals surface area (Å²) in [6.45, 7) is 10.7. The van der Waals surface area contributed by atoms with Gasteiger partial charge in [-0.25, -0.2) is 4.98 Å². The van der Waals surface area contributed by atoms with Gasteiger partial charge in [0, 0.05) is 61.9 Å². The summed E-state index contributed by atoms with van der Waals surface area (Å²) in [5, 5.41) is 14.2. The fourth-order valence-corrected chi connectivity index (χ4v) is 8.03. The van der Waals surface area contributed by atoms with E-state index < -0.39 is 5.92 Å². The zero-order chi connectivity index (χ0) is 37.3. The summed E-state index contributed by atoms with van der Waals surface area (Å²) < 4.78 is 6.81. The van der Waals surface area contributed by atoms with Gasteiger partial charge in [-0.2, -0.15) is 0 Å². The number of rotatable bonds is 17. The first-order chi connectivity index (χ1) is 25.8. The zero-order valence-electron chi connectivity index (χ0n) is 31.2. The Bertz CT molecular complexity index is 1940. The zero-order valence-corrected chi connectivity index (χ0v) is 32.0. The number of hydrogen-bond acceptors (Lipinski definition) is 8. The third-order valence-corrected chi connectivity index (χ3v) is 11.4. The van der Waals surface area contributed by atoms with Gasteiger partial charge < -0.3 is 24.5 Å². The average molecular weight is 731 g/mol. The molecular formula is C44H50N4O4S. The number of carbonyl (C=O) groups is 2. The van der Waals surface area contributed by atoms with Gasteiger partial charge in [0.05, 0.1) is 16.8 Å². The molecule has 276 valence electrons. The lowest BCUT2D eigenvalue weighted by Crippen LogP contribution is -3.15. The Morgan fingerprint density at radius 3 is 2.28 bits per heavy atom. The molecule has 0 spiro atoms. The second kappa shape index (κ2) is 17.7. The van der Waals surface area contributed by atoms with Crippen LogP contribution < -0.4 is 19.8 Å². The number of benzene rings is 3. The predicted molar refractivity (Wildman–Crippen MR) is 216 cm³/mol. The van der Waals surface area contributed by atoms with Crippen LogP contribution in [-0.4, -0.2) is 69.2 Å². The van der Waals surface area contributed by atoms with Crippen molar-refractivity contribution in [1.82, 2.24) is 4.98 Å². The van der Waals surface area contributed by atoms with Crippen LogP contribution in [-0.2, 0) is 14.3 Å². The van der Waals surface area contributed by atoms with E-state index in [-0.39, 0.29) is 29.5 Å². The Hall–Kier alpha value is -4.99. The van der Waals surface area contributed by atoms with E-state index in [0.29, 0.717) is 37.1 Å². The summed E-state index contributed by atoms with van der Waals surface area (Å²) >= 11 is 1.68. The molecule has 1 N–H and O–H groups in total. The van der Waals surface area contributed by atoms with E-state index in [0.717, 1.165) is 53.6 Å². The number of nitrogens with one attached hydrogen (secondary N) is 1. The van der Waals surface area contributed by atoms with Crippen LogP contribution in [0.15, 0.2) is 103 Å². The van der Waals surface area contributed by atoms with Gasteiger partial charge in [-0.15, -0.1) is 17.1 Å². The molecule has 1 heterocycles. The number of esters is 1. The maximum atomic E-state index is 13.2. The van der Waals surface area contributed by atoms with Crippen molar-refractivity contribution in [1.29, 1.82) is 0 Å². The summed E-state index contributed by atoms with van der Waals surface area (Å²) in [5.74, 6) is -1.23. The molecule has 3 aromatic carbocycles. The first-order valence-corrected chi connectivity index (χ1v) is 19.6. The minimum Gasteiger partial charge on any atom is -0.874 e. The molecule has 0 saturated heterocycles. The number of likely N-dealkylation sites (N-methyl/N-ethyl adjacent to an activating group) is 1. The number of Topliss-reactive ketones (excluding diaryl/α,β-unsaturated/α-hetero) is 1. The van der Waals surface area contributed by atoms with E-state index in [4.69, 9.17) is 4.74 Å². The highest BCUT2D eigenvalue weighted by atomic mass is 32.1. The van der Waals surface area contributed by atoms with Crippen LogP contribution in [0.4, 0.5) is 11.4 Å². The van der Waals surface area contributed by atoms with E-state index in [9.17, 15) is 14.7 Å². The number of quaternary nitrogens is 1. The third-order valence-electron chi connectivity index (χ3n) is 10.4. The summed E-state index contributed by atoms with van der Waals surface area (Å²) in [7, 11) is 2.04. The molecule has 0 saturated carbocycles. The van der Waals surface area contributed by atoms with Crippen LogP contribution in [0.2, 0.25) is 0 Å². The van der Waals surface area contributed by atoms with Gasteiger partial charge in [0.15, 0.2) is 5.78 Å². The summed E-state index contributed by atoms with van der Waals surface area (Å²) in [4.78, 5) is 36.0. The second-order valence-corrected chi connectivity index (χ2v) is 14.7. The highest BCUT2D eigenvalue weighted by Gasteiger charge is 2.38. The number of aromatic nitrogens is 1. The number of ether oxygens (including phenoxy) is 1. The minimum absolute atomic E-state index is 0.0797. The summed E-state index contributed by atoms with van der Waals surface area (Å²) in [6, 6.07) is 24.4. The highest BCUT2D eigenvalue weighted by Crippen LogP contribution is 2.41. The molecule has 2 aliphatic carbocycles. The number of carbonyl (C=O) groups excluding carboxylic acids is 2. The van der Waals surface area contributed by atoms with Crippen LogP contribution in [0.25, 0.3) is 27.9 Å². The van der Waals surface area contributed by atoms with E-state index in [1.165, 1.54) is 9.60 Å². The van der Waals surface area contributed by atoms with Crippen molar-refractivity contribution in [2.24, 2.45) is 11.8 Å². The number of anilines is 2. The van der Waals surface area contributed by atoms with Gasteiger partial charge in [0.2, 0.25) is 0 Å². The topological polar surface area (TPSA) is 90.2 Å². The number of fused-ring (bicyclic) bond motifs is 1. The molecule has 9 heteroatoms. The molecule has 0 radical (unpaired) electrons. The quantitative estimate of drug-likeness (QED) is 0.104. The molecule has 0 bridgehead atoms. The Kier molecular flexibility index (Phi) is 12.6. The number of allylic oxidation sites excluding steroid dienone is 4. The molecule has 2 unspecified atom stereocenters. The van der Waals surface area contributed by atoms with E-state index >= 15 is 0 Å². The van der Waals surface area contributed by atoms with Crippen molar-refractivity contribution in [3.63, 3.8) is 0 Å². The van der Waals surface area contributed by atoms with Gasteiger partial charge in [-0.1, -0.05) is 54.6 Å². The van der Waals surface area contributed by atoms with Crippen LogP contribution in [0.3, 0.4) is 0 Å². The average Bonchev–Trinajstić information content (AvgIpc) is 3.61. The van der Waals surface area contributed by atoms with Crippen LogP contribution in [0.1, 0.15) is 49.7 Å². The lowest BCUT2D eigenvalue weighted by Gasteiger charge is -2.40. The molecule has 0 aliphatic heterocycles. The Morgan fingerprint density at radius 1 is 0.925 bits per heavy atom. The maximum absolute atomic E-state index is 13.2. The van der Waals surface area contributed by atoms with Crippen molar-refractivity contribution in [2.45, 2.75) is 39.7 Å². The Labute approximate surface area is 317 Å². The number of ketones is 1. The number of para-hydroxylation sites is 1. The second-order valence-electron chi connectivity index (χ2n) is 13.6. The van der Waals surface area contributed by atoms with Crippen molar-refractivity contribution < 1.29 is 24.3 Å². The predicted octanol–water partition coefficient (Wildman–Crippen LogP) is 6.06. The Balaban J connectivity index is 0.901. The third kappa shape index (κ3) is 8.98. The first-order valence-electron chi connectivity index (χ1n) is 18.8. The Morgan fingerprint density at radius 2 is 1.62 bits per heavy atom. The van der Waals surface area contributed by atoms with Gasteiger partial charge >= 0.3 is 5.97 Å². The van der Waals surface area contributed by atoms with Gasteiger partial charge in [-0.05, 0) is 92.9 Å². The SMILES string of the molecule is CCN(CC)c1ccc(C2=C([O-])C(C3C=CC([NH+](CC)CCOC(=O)CCCN(C)c4ccc(/C=C/c5nc6ccccc6s5)cc4)C=C3)C2=O)cc1. The molecule has 2 aliphatic rings. The first kappa shape index (κ1) is 37.8. The lowest BCUT2D eigenvalue weighted by molar-refractivity contribution is -0.910.